The second-order valence-corrected chi connectivity index (χ2v) is 7.15. The lowest BCUT2D eigenvalue weighted by Gasteiger charge is -2.21. The Balaban J connectivity index is 2.82. The zero-order valence-corrected chi connectivity index (χ0v) is 13.8. The second kappa shape index (κ2) is 7.75. The van der Waals surface area contributed by atoms with Crippen molar-refractivity contribution in [3.8, 4) is 0 Å². The average molecular weight is 353 g/mol. The maximum absolute atomic E-state index is 13.5. The number of nitrogens with one attached hydrogen (secondary N) is 1. The number of carbonyl (C=O) groups is 1. The number of likely N-dealkylation sites (N-methyl/N-ethyl adjacent to an activating group) is 1. The Labute approximate surface area is 132 Å². The molecule has 23 heavy (non-hydrogen) atoms. The molecule has 0 bridgehead atoms. The molecular weight excluding hydrogens is 335 g/mol. The van der Waals surface area contributed by atoms with Crippen molar-refractivity contribution in [1.29, 1.82) is 0 Å². The van der Waals surface area contributed by atoms with Gasteiger partial charge in [-0.2, -0.15) is 4.31 Å². The normalized spacial score (nSPS) is 12.0. The van der Waals surface area contributed by atoms with Gasteiger partial charge < -0.3 is 10.2 Å². The van der Waals surface area contributed by atoms with Gasteiger partial charge in [0.1, 0.15) is 0 Å². The molecule has 130 valence electrons. The maximum Gasteiger partial charge on any atom is 0.239 e. The molecule has 0 aliphatic heterocycles. The minimum atomic E-state index is -3.65. The highest BCUT2D eigenvalue weighted by molar-refractivity contribution is 7.88. The van der Waals surface area contributed by atoms with E-state index < -0.39 is 45.6 Å². The van der Waals surface area contributed by atoms with E-state index in [1.807, 2.05) is 5.32 Å². The van der Waals surface area contributed by atoms with Crippen molar-refractivity contribution in [3.05, 3.63) is 29.6 Å². The predicted molar refractivity (Wildman–Crippen MR) is 79.9 cm³/mol. The summed E-state index contributed by atoms with van der Waals surface area (Å²) in [5.74, 6) is -5.50. The van der Waals surface area contributed by atoms with Gasteiger partial charge in [-0.1, -0.05) is 0 Å². The van der Waals surface area contributed by atoms with Crippen LogP contribution < -0.4 is 5.32 Å². The number of amides is 1. The summed E-state index contributed by atoms with van der Waals surface area (Å²) in [5, 5.41) is 2.03. The van der Waals surface area contributed by atoms with Crippen molar-refractivity contribution < 1.29 is 26.4 Å². The molecule has 0 unspecified atom stereocenters. The van der Waals surface area contributed by atoms with Crippen LogP contribution in [0.3, 0.4) is 0 Å². The van der Waals surface area contributed by atoms with Crippen LogP contribution in [0.2, 0.25) is 0 Å². The van der Waals surface area contributed by atoms with Gasteiger partial charge in [0.05, 0.1) is 18.5 Å². The Morgan fingerprint density at radius 3 is 2.26 bits per heavy atom. The molecule has 0 aromatic heterocycles. The van der Waals surface area contributed by atoms with Crippen LogP contribution in [0.5, 0.6) is 0 Å². The van der Waals surface area contributed by atoms with E-state index in [1.54, 1.807) is 19.0 Å². The summed E-state index contributed by atoms with van der Waals surface area (Å²) in [6.07, 6.45) is 0.939. The number of anilines is 1. The van der Waals surface area contributed by atoms with Crippen LogP contribution in [0.15, 0.2) is 12.1 Å². The maximum atomic E-state index is 13.5. The van der Waals surface area contributed by atoms with E-state index >= 15 is 0 Å². The Morgan fingerprint density at radius 2 is 1.74 bits per heavy atom. The molecule has 0 radical (unpaired) electrons. The van der Waals surface area contributed by atoms with Crippen LogP contribution in [0.1, 0.15) is 0 Å². The summed E-state index contributed by atoms with van der Waals surface area (Å²) in [6.45, 7) is -0.134. The van der Waals surface area contributed by atoms with Gasteiger partial charge >= 0.3 is 0 Å². The van der Waals surface area contributed by atoms with Crippen LogP contribution in [-0.4, -0.2) is 63.5 Å². The summed E-state index contributed by atoms with van der Waals surface area (Å²) in [7, 11) is -0.188. The fourth-order valence-corrected chi connectivity index (χ4v) is 2.41. The average Bonchev–Trinajstić information content (AvgIpc) is 2.42. The van der Waals surface area contributed by atoms with E-state index in [0.717, 1.165) is 16.6 Å². The highest BCUT2D eigenvalue weighted by Crippen LogP contribution is 2.19. The third-order valence-corrected chi connectivity index (χ3v) is 4.14. The Morgan fingerprint density at radius 1 is 1.13 bits per heavy atom. The van der Waals surface area contributed by atoms with Gasteiger partial charge in [0.2, 0.25) is 15.9 Å². The first kappa shape index (κ1) is 19.4. The molecule has 10 heteroatoms. The van der Waals surface area contributed by atoms with E-state index in [1.165, 1.54) is 0 Å². The van der Waals surface area contributed by atoms with Crippen molar-refractivity contribution in [3.63, 3.8) is 0 Å². The molecule has 6 nitrogen and oxygen atoms in total. The topological polar surface area (TPSA) is 69.7 Å². The zero-order chi connectivity index (χ0) is 17.8. The van der Waals surface area contributed by atoms with Crippen LogP contribution in [-0.2, 0) is 14.8 Å². The third-order valence-electron chi connectivity index (χ3n) is 2.89. The molecule has 0 spiro atoms. The number of halogens is 3. The molecule has 1 aromatic carbocycles. The highest BCUT2D eigenvalue weighted by atomic mass is 32.2. The van der Waals surface area contributed by atoms with E-state index in [-0.39, 0.29) is 6.54 Å². The SMILES string of the molecule is CN(C)CCN(CC(=O)Nc1ccc(F)c(F)c1F)S(C)(=O)=O. The first-order valence-corrected chi connectivity index (χ1v) is 8.40. The zero-order valence-electron chi connectivity index (χ0n) is 12.9. The molecule has 1 N–H and O–H groups in total. The Bertz CT molecular complexity index is 681. The van der Waals surface area contributed by atoms with Crippen molar-refractivity contribution in [2.45, 2.75) is 0 Å². The Hall–Kier alpha value is -1.65. The van der Waals surface area contributed by atoms with Gasteiger partial charge in [0.25, 0.3) is 0 Å². The fourth-order valence-electron chi connectivity index (χ4n) is 1.65. The minimum Gasteiger partial charge on any atom is -0.322 e. The lowest BCUT2D eigenvalue weighted by atomic mass is 10.2. The van der Waals surface area contributed by atoms with Gasteiger partial charge in [0.15, 0.2) is 17.5 Å². The van der Waals surface area contributed by atoms with E-state index in [0.29, 0.717) is 12.6 Å². The first-order valence-electron chi connectivity index (χ1n) is 6.55. The quantitative estimate of drug-likeness (QED) is 0.739. The molecule has 0 saturated carbocycles. The number of carbonyl (C=O) groups excluding carboxylic acids is 1. The number of nitrogens with zero attached hydrogens (tertiary/aromatic N) is 2. The summed E-state index contributed by atoms with van der Waals surface area (Å²) in [4.78, 5) is 13.6. The fraction of sp³-hybridized carbons (Fsp3) is 0.462. The summed E-state index contributed by atoms with van der Waals surface area (Å²) in [6, 6.07) is 1.52. The van der Waals surface area contributed by atoms with E-state index in [2.05, 4.69) is 0 Å². The number of rotatable bonds is 7. The lowest BCUT2D eigenvalue weighted by Crippen LogP contribution is -2.41. The van der Waals surface area contributed by atoms with E-state index in [9.17, 15) is 26.4 Å². The highest BCUT2D eigenvalue weighted by Gasteiger charge is 2.21. The molecule has 0 aliphatic rings. The van der Waals surface area contributed by atoms with Gasteiger partial charge in [-0.05, 0) is 26.2 Å². The number of hydrogen-bond acceptors (Lipinski definition) is 4. The van der Waals surface area contributed by atoms with Crippen LogP contribution in [0.4, 0.5) is 18.9 Å². The lowest BCUT2D eigenvalue weighted by molar-refractivity contribution is -0.116. The second-order valence-electron chi connectivity index (χ2n) is 5.17. The molecular formula is C13H18F3N3O3S. The monoisotopic (exact) mass is 353 g/mol. The third kappa shape index (κ3) is 5.81. The Kier molecular flexibility index (Phi) is 6.54. The van der Waals surface area contributed by atoms with Gasteiger partial charge in [-0.3, -0.25) is 4.79 Å². The van der Waals surface area contributed by atoms with E-state index in [4.69, 9.17) is 0 Å². The number of benzene rings is 1. The molecule has 0 heterocycles. The number of hydrogen-bond donors (Lipinski definition) is 1. The molecule has 1 rings (SSSR count). The summed E-state index contributed by atoms with van der Waals surface area (Å²) < 4.78 is 63.6. The van der Waals surface area contributed by atoms with Crippen molar-refractivity contribution in [1.82, 2.24) is 9.21 Å². The van der Waals surface area contributed by atoms with Crippen LogP contribution >= 0.6 is 0 Å². The minimum absolute atomic E-state index is 0.0551. The van der Waals surface area contributed by atoms with Gasteiger partial charge in [-0.25, -0.2) is 21.6 Å². The van der Waals surface area contributed by atoms with Crippen molar-refractivity contribution >= 4 is 21.6 Å². The molecule has 1 aromatic rings. The van der Waals surface area contributed by atoms with Gasteiger partial charge in [0, 0.05) is 13.1 Å². The largest absolute Gasteiger partial charge is 0.322 e. The standard InChI is InChI=1S/C13H18F3N3O3S/c1-18(2)6-7-19(23(3,21)22)8-11(20)17-10-5-4-9(14)12(15)13(10)16/h4-5H,6-8H2,1-3H3,(H,17,20). The molecule has 1 amide bonds. The van der Waals surface area contributed by atoms with Crippen molar-refractivity contribution in [2.75, 3.05) is 45.3 Å². The molecule has 0 atom stereocenters. The first-order chi connectivity index (χ1) is 10.5. The summed E-state index contributed by atoms with van der Waals surface area (Å²) in [5.41, 5.74) is -0.560. The van der Waals surface area contributed by atoms with Crippen molar-refractivity contribution in [2.24, 2.45) is 0 Å². The summed E-state index contributed by atoms with van der Waals surface area (Å²) >= 11 is 0. The van der Waals surface area contributed by atoms with Gasteiger partial charge in [-0.15, -0.1) is 0 Å². The van der Waals surface area contributed by atoms with Crippen LogP contribution in [0.25, 0.3) is 0 Å². The molecule has 0 saturated heterocycles. The number of sulfonamides is 1. The predicted octanol–water partition coefficient (Wildman–Crippen LogP) is 0.866. The molecule has 0 fully saturated rings. The smallest absolute Gasteiger partial charge is 0.239 e. The molecule has 0 aliphatic carbocycles. The van der Waals surface area contributed by atoms with Crippen LogP contribution in [0, 0.1) is 17.5 Å².